The molecule has 131 heavy (non-hydrogen) atoms. The summed E-state index contributed by atoms with van der Waals surface area (Å²) in [5.41, 5.74) is 11.1. The lowest BCUT2D eigenvalue weighted by Gasteiger charge is -2.26. The number of halogens is 14. The molecule has 5 aromatic carbocycles. The van der Waals surface area contributed by atoms with Crippen LogP contribution in [0.25, 0.3) is 0 Å². The third kappa shape index (κ3) is 19.2. The minimum atomic E-state index is -0.687. The number of nitrogens with one attached hydrogen (secondary N) is 4. The Morgan fingerprint density at radius 1 is 0.504 bits per heavy atom. The summed E-state index contributed by atoms with van der Waals surface area (Å²) < 4.78 is 162. The summed E-state index contributed by atoms with van der Waals surface area (Å²) in [6.07, 6.45) is 16.2. The Morgan fingerprint density at radius 2 is 0.969 bits per heavy atom. The van der Waals surface area contributed by atoms with Gasteiger partial charge in [0, 0.05) is 243 Å². The van der Waals surface area contributed by atoms with E-state index in [1.54, 1.807) is 12.1 Å². The largest absolute Gasteiger partial charge is 0.380 e. The summed E-state index contributed by atoms with van der Waals surface area (Å²) in [5.74, 6) is -4.98. The molecule has 0 radical (unpaired) electrons. The highest BCUT2D eigenvalue weighted by Crippen LogP contribution is 2.68. The van der Waals surface area contributed by atoms with Crippen molar-refractivity contribution in [3.63, 3.8) is 0 Å². The first kappa shape index (κ1) is 96.5. The second kappa shape index (κ2) is 40.1. The van der Waals surface area contributed by atoms with E-state index in [4.69, 9.17) is 82.2 Å². The molecular weight excluding hydrogens is 2080 g/mol. The van der Waals surface area contributed by atoms with Crippen molar-refractivity contribution in [3.05, 3.63) is 251 Å². The van der Waals surface area contributed by atoms with Crippen LogP contribution in [0.5, 0.6) is 0 Å². The van der Waals surface area contributed by atoms with E-state index in [2.05, 4.69) is 98.7 Å². The van der Waals surface area contributed by atoms with E-state index in [0.717, 1.165) is 151 Å². The normalized spacial score (nSPS) is 22.9. The van der Waals surface area contributed by atoms with Gasteiger partial charge < -0.3 is 76.4 Å². The molecule has 700 valence electrons. The van der Waals surface area contributed by atoms with Crippen LogP contribution in [0.3, 0.4) is 0 Å². The number of aromatic amines is 2. The molecule has 0 spiro atoms. The maximum atomic E-state index is 14.6. The molecule has 5 aromatic heterocycles. The molecule has 14 heterocycles. The van der Waals surface area contributed by atoms with E-state index in [-0.39, 0.29) is 97.2 Å². The second-order valence-corrected chi connectivity index (χ2v) is 42.4. The van der Waals surface area contributed by atoms with E-state index in [0.29, 0.717) is 105 Å². The van der Waals surface area contributed by atoms with Crippen molar-refractivity contribution in [1.29, 1.82) is 0 Å². The molecule has 0 unspecified atom stereocenters. The number of Topliss-reactive ketones (excluding diaryl/α,β-unsaturated/α-hetero) is 1. The number of benzene rings is 5. The van der Waals surface area contributed by atoms with Crippen molar-refractivity contribution in [2.45, 2.75) is 208 Å². The van der Waals surface area contributed by atoms with Crippen molar-refractivity contribution in [2.24, 2.45) is 21.1 Å². The van der Waals surface area contributed by atoms with Crippen LogP contribution in [0.2, 0.25) is 5.02 Å². The fourth-order valence-corrected chi connectivity index (χ4v) is 24.9. The number of amides is 1. The minimum Gasteiger partial charge on any atom is -0.380 e. The van der Waals surface area contributed by atoms with Gasteiger partial charge in [-0.25, -0.2) is 39.5 Å². The summed E-state index contributed by atoms with van der Waals surface area (Å²) in [6.45, 7) is 14.6. The number of likely N-dealkylation sites (tertiary alicyclic amines) is 2. The Labute approximate surface area is 818 Å². The topological polar surface area (TPSA) is 154 Å². The van der Waals surface area contributed by atoms with E-state index in [1.165, 1.54) is 118 Å². The number of nitrogens with zero attached hydrogens (tertiary/aromatic N) is 10. The first-order chi connectivity index (χ1) is 62.7. The molecule has 9 aliphatic heterocycles. The maximum absolute atomic E-state index is 14.6. The lowest BCUT2D eigenvalue weighted by Crippen LogP contribution is -2.36. The third-order valence-electron chi connectivity index (χ3n) is 28.7. The second-order valence-electron chi connectivity index (χ2n) is 36.7. The monoisotopic (exact) mass is 2170 g/mol. The molecule has 37 heteroatoms. The summed E-state index contributed by atoms with van der Waals surface area (Å²) in [5, 5.41) is 6.42. The Balaban J connectivity index is 0.000000115. The molecule has 4 saturated heterocycles. The van der Waals surface area contributed by atoms with Crippen molar-refractivity contribution in [3.8, 4) is 0 Å². The van der Waals surface area contributed by atoms with Gasteiger partial charge in [0.2, 0.25) is 5.91 Å². The number of rotatable bonds is 20. The van der Waals surface area contributed by atoms with Gasteiger partial charge in [-0.15, -0.1) is 0 Å². The number of carbonyl (C=O) groups excluding carboxylic acids is 2. The van der Waals surface area contributed by atoms with Gasteiger partial charge in [-0.05, 0) is 285 Å². The number of carbonyl (C=O) groups is 2. The molecule has 21 rings (SSSR count). The molecule has 18 nitrogen and oxygen atoms in total. The maximum Gasteiger partial charge on any atom is 0.226 e. The van der Waals surface area contributed by atoms with Crippen LogP contribution in [-0.2, 0) is 135 Å². The van der Waals surface area contributed by atoms with Gasteiger partial charge >= 0.3 is 0 Å². The fourth-order valence-electron chi connectivity index (χ4n) is 21.9. The SMILES string of the molecule is CC(=O)Cc1c2n(c(=S)n1C)C[C@@]1(c3c(F)ccc(Cl)c3F)C[C@@H]21.Cn1c(CC(=O)N[C@@H]2CCOC2)c2n(c1=S)C[C@H](c1c(F)ccc(Br)c1F)C2.Cn1c(CCN[C@@H]2CCOC2)c2n(c1=S)C[C@H](c1c(F)ccc(Br)c1F)C2.Fc1ccc(Br)c(F)c1[C@@H]1Cc2c(CCN3CCCCC3)[nH]c(=S)n2C1.Fc1ccc(Br)cc1[C@]12C[C@H]1c1c(CCN3CCCCC3)[nH]c(=S)n1C2. The summed E-state index contributed by atoms with van der Waals surface area (Å²) in [6, 6.07) is 16.3. The van der Waals surface area contributed by atoms with Crippen molar-refractivity contribution in [1.82, 2.24) is 66.9 Å². The lowest BCUT2D eigenvalue weighted by atomic mass is 9.92. The van der Waals surface area contributed by atoms with Gasteiger partial charge in [-0.1, -0.05) is 40.4 Å². The van der Waals surface area contributed by atoms with Crippen LogP contribution >= 0.6 is 136 Å². The Morgan fingerprint density at radius 3 is 1.53 bits per heavy atom. The molecule has 1 amide bonds. The number of imidazole rings is 5. The van der Waals surface area contributed by atoms with E-state index < -0.39 is 52.0 Å². The van der Waals surface area contributed by atoms with Crippen LogP contribution in [0.15, 0.2) is 84.6 Å². The average Bonchev–Trinajstić information content (AvgIpc) is 1.50. The summed E-state index contributed by atoms with van der Waals surface area (Å²) >= 11 is 46.4. The molecule has 0 bridgehead atoms. The zero-order valence-corrected chi connectivity index (χ0v) is 84.1. The highest BCUT2D eigenvalue weighted by Gasteiger charge is 2.66. The quantitative estimate of drug-likeness (QED) is 0.0326. The lowest BCUT2D eigenvalue weighted by molar-refractivity contribution is -0.121. The van der Waals surface area contributed by atoms with E-state index >= 15 is 0 Å². The van der Waals surface area contributed by atoms with Crippen LogP contribution < -0.4 is 10.6 Å². The van der Waals surface area contributed by atoms with E-state index in [1.807, 2.05) is 59.2 Å². The highest BCUT2D eigenvalue weighted by atomic mass is 79.9. The molecule has 2 aliphatic carbocycles. The first-order valence-electron chi connectivity index (χ1n) is 44.8. The molecule has 10 aromatic rings. The number of ketones is 1. The van der Waals surface area contributed by atoms with Crippen LogP contribution in [0.1, 0.15) is 185 Å². The first-order valence-corrected chi connectivity index (χ1v) is 50.4. The summed E-state index contributed by atoms with van der Waals surface area (Å²) in [7, 11) is 5.62. The molecule has 6 fully saturated rings. The van der Waals surface area contributed by atoms with Crippen molar-refractivity contribution >= 4 is 148 Å². The number of piperidine rings is 2. The molecule has 9 atom stereocenters. The predicted molar refractivity (Wildman–Crippen MR) is 511 cm³/mol. The van der Waals surface area contributed by atoms with Gasteiger partial charge in [-0.2, -0.15) is 0 Å². The smallest absolute Gasteiger partial charge is 0.226 e. The Kier molecular flexibility index (Phi) is 29.5. The van der Waals surface area contributed by atoms with Crippen molar-refractivity contribution in [2.75, 3.05) is 72.2 Å². The zero-order valence-electron chi connectivity index (χ0n) is 72.9. The number of ether oxygens (including phenoxy) is 2. The number of hydrogen-bond donors (Lipinski definition) is 4. The fraction of sp³-hybridized carbons (Fsp3) is 0.500. The zero-order chi connectivity index (χ0) is 92.7. The molecule has 2 saturated carbocycles. The standard InChI is InChI=1S/C20H23BrFN3S.C19H20BrF2N3O2S.C19H22BrF2N3OS.C19H22BrF2N3S.C17H15ClF2N2OS/c21-13-4-5-16(22)14(10-13)20-11-15(20)18-17(23-19(26)25(18)12-20)6-9-24-7-2-1-3-8-24;1-24-14(7-16(26)23-11-4-5-27-9-11)15-6-10(8-25(15)19(24)28)17-13(21)3-2-12(20)18(17)22;1-24-15(4-6-23-12-5-7-26-10-12)16-8-11(9-25(16)19(24)27)17-14(21)3-2-13(20)18(17)22;20-13-4-5-14(21)17(18(13)22)12-10-16-15(23-19(26)25(16)11-12)6-9-24-7-2-1-3-8-24;1-8(23)5-12-15-9-6-17(9,7-22(15)16(24)21(12)2)13-11(19)4-3-10(18)14(13)20/h4-5,10,15H,1-3,6-9,11-12H2,(H,23,26);2-3,10-11H,4-9H2,1H3,(H,23,26);2-3,11-12,23H,4-10H2,1H3;4-5,12H,1-3,6-11H2,(H,23,26);3-4,9H,5-7H2,1-2H3/t15-,20+;10-,11-;11-,12-;12-;9-,17-/m01110/s1. The number of aromatic nitrogens is 10. The van der Waals surface area contributed by atoms with E-state index in [9.17, 15) is 49.1 Å². The van der Waals surface area contributed by atoms with Crippen LogP contribution in [0, 0.1) is 76.2 Å². The van der Waals surface area contributed by atoms with Gasteiger partial charge in [0.1, 0.15) is 58.1 Å². The Hall–Kier alpha value is -6.23. The highest BCUT2D eigenvalue weighted by molar-refractivity contribution is 9.11. The summed E-state index contributed by atoms with van der Waals surface area (Å²) in [4.78, 5) is 35.9. The Bertz CT molecular complexity index is 6440. The van der Waals surface area contributed by atoms with Gasteiger partial charge in [-0.3, -0.25) is 9.59 Å². The average molecular weight is 2180 g/mol. The van der Waals surface area contributed by atoms with Crippen LogP contribution in [-0.4, -0.2) is 152 Å². The number of H-pyrrole nitrogens is 2. The van der Waals surface area contributed by atoms with Gasteiger partial charge in [0.15, 0.2) is 23.9 Å². The molecule has 4 N–H and O–H groups in total. The third-order valence-corrected chi connectivity index (χ3v) is 33.4. The predicted octanol–water partition coefficient (Wildman–Crippen LogP) is 21.2. The minimum absolute atomic E-state index is 0.0304. The number of fused-ring (bicyclic) bond motifs is 9. The molecular formula is C94H102Br4ClF9N14O4S5. The number of hydrogen-bond acceptors (Lipinski definition) is 12. The van der Waals surface area contributed by atoms with Gasteiger partial charge in [0.25, 0.3) is 0 Å². The van der Waals surface area contributed by atoms with Crippen LogP contribution in [0.4, 0.5) is 39.5 Å². The van der Waals surface area contributed by atoms with Crippen molar-refractivity contribution < 1.29 is 58.6 Å². The van der Waals surface area contributed by atoms with Gasteiger partial charge in [0.05, 0.1) is 44.1 Å². The molecule has 11 aliphatic rings.